The van der Waals surface area contributed by atoms with Crippen LogP contribution >= 0.6 is 0 Å². The topological polar surface area (TPSA) is 99.7 Å². The minimum atomic E-state index is -1.13. The van der Waals surface area contributed by atoms with E-state index in [1.165, 1.54) is 12.8 Å². The van der Waals surface area contributed by atoms with Crippen molar-refractivity contribution in [3.8, 4) is 0 Å². The van der Waals surface area contributed by atoms with Crippen LogP contribution in [0.4, 0.5) is 4.79 Å². The molecule has 0 aliphatic heterocycles. The molecular formula is C9H17N3O4. The number of urea groups is 1. The average Bonchev–Trinajstić information content (AvgIpc) is 3.00. The predicted octanol–water partition coefficient (Wildman–Crippen LogP) is -0.556. The van der Waals surface area contributed by atoms with E-state index >= 15 is 0 Å². The average molecular weight is 231 g/mol. The lowest BCUT2D eigenvalue weighted by Gasteiger charge is -2.06. The molecule has 0 spiro atoms. The molecule has 0 aromatic heterocycles. The predicted molar refractivity (Wildman–Crippen MR) is 55.8 cm³/mol. The third kappa shape index (κ3) is 7.02. The summed E-state index contributed by atoms with van der Waals surface area (Å²) in [7, 11) is 0. The van der Waals surface area contributed by atoms with Gasteiger partial charge < -0.3 is 15.7 Å². The molecule has 1 aliphatic carbocycles. The summed E-state index contributed by atoms with van der Waals surface area (Å²) in [5, 5.41) is 14.1. The van der Waals surface area contributed by atoms with Crippen molar-refractivity contribution in [2.24, 2.45) is 0 Å². The summed E-state index contributed by atoms with van der Waals surface area (Å²) in [6.07, 6.45) is 3.33. The van der Waals surface area contributed by atoms with Gasteiger partial charge in [0.15, 0.2) is 6.61 Å². The Morgan fingerprint density at radius 2 is 2.06 bits per heavy atom. The molecule has 0 aromatic rings. The van der Waals surface area contributed by atoms with Crippen molar-refractivity contribution in [1.82, 2.24) is 16.1 Å². The molecule has 16 heavy (non-hydrogen) atoms. The Kier molecular flexibility index (Phi) is 5.58. The van der Waals surface area contributed by atoms with E-state index in [1.54, 1.807) is 0 Å². The minimum Gasteiger partial charge on any atom is -0.479 e. The molecule has 0 radical (unpaired) electrons. The highest BCUT2D eigenvalue weighted by molar-refractivity contribution is 5.73. The monoisotopic (exact) mass is 231 g/mol. The number of carbonyl (C=O) groups is 2. The lowest BCUT2D eigenvalue weighted by atomic mass is 10.4. The van der Waals surface area contributed by atoms with Crippen LogP contribution in [0.25, 0.3) is 0 Å². The van der Waals surface area contributed by atoms with Crippen molar-refractivity contribution < 1.29 is 19.5 Å². The van der Waals surface area contributed by atoms with Crippen LogP contribution in [0.3, 0.4) is 0 Å². The largest absolute Gasteiger partial charge is 0.479 e. The van der Waals surface area contributed by atoms with Crippen molar-refractivity contribution in [2.45, 2.75) is 25.3 Å². The molecule has 1 fully saturated rings. The zero-order valence-corrected chi connectivity index (χ0v) is 8.99. The van der Waals surface area contributed by atoms with Crippen LogP contribution in [0.2, 0.25) is 0 Å². The van der Waals surface area contributed by atoms with Gasteiger partial charge >= 0.3 is 12.0 Å². The highest BCUT2D eigenvalue weighted by atomic mass is 16.7. The second-order valence-electron chi connectivity index (χ2n) is 3.62. The minimum absolute atomic E-state index is 0.521. The number of carboxylic acid groups (broad SMARTS) is 1. The third-order valence-corrected chi connectivity index (χ3v) is 2.01. The van der Waals surface area contributed by atoms with E-state index in [-0.39, 0.29) is 0 Å². The number of hydroxylamine groups is 1. The highest BCUT2D eigenvalue weighted by Gasteiger charge is 2.19. The maximum absolute atomic E-state index is 11.0. The standard InChI is InChI=1S/C9H17N3O4/c13-8(14)6-16-12-9(15)11-5-1-4-10-7-2-3-7/h7,10H,1-6H2,(H,13,14)(H2,11,12,15). The molecule has 0 aromatic carbocycles. The van der Waals surface area contributed by atoms with E-state index in [0.717, 1.165) is 13.0 Å². The van der Waals surface area contributed by atoms with E-state index in [4.69, 9.17) is 5.11 Å². The molecule has 1 rings (SSSR count). The number of rotatable bonds is 8. The number of aliphatic carboxylic acids is 1. The molecule has 2 amide bonds. The summed E-state index contributed by atoms with van der Waals surface area (Å²) in [6.45, 7) is 0.861. The van der Waals surface area contributed by atoms with Gasteiger partial charge in [0.2, 0.25) is 0 Å². The number of carboxylic acids is 1. The fraction of sp³-hybridized carbons (Fsp3) is 0.778. The SMILES string of the molecule is O=C(O)CONC(=O)NCCCNC1CC1. The first-order chi connectivity index (χ1) is 7.68. The Balaban J connectivity index is 1.83. The number of amides is 2. The summed E-state index contributed by atoms with van der Waals surface area (Å²) in [6, 6.07) is 0.153. The smallest absolute Gasteiger partial charge is 0.338 e. The number of carbonyl (C=O) groups excluding carboxylic acids is 1. The summed E-state index contributed by atoms with van der Waals surface area (Å²) in [5.41, 5.74) is 1.97. The van der Waals surface area contributed by atoms with Gasteiger partial charge in [-0.05, 0) is 25.8 Å². The van der Waals surface area contributed by atoms with Crippen LogP contribution < -0.4 is 16.1 Å². The summed E-state index contributed by atoms with van der Waals surface area (Å²) >= 11 is 0. The third-order valence-electron chi connectivity index (χ3n) is 2.01. The van der Waals surface area contributed by atoms with Crippen molar-refractivity contribution in [3.63, 3.8) is 0 Å². The van der Waals surface area contributed by atoms with Crippen LogP contribution in [-0.2, 0) is 9.63 Å². The summed E-state index contributed by atoms with van der Waals surface area (Å²) in [5.74, 6) is -1.13. The van der Waals surface area contributed by atoms with Gasteiger partial charge in [-0.2, -0.15) is 0 Å². The number of hydrogen-bond acceptors (Lipinski definition) is 4. The van der Waals surface area contributed by atoms with Gasteiger partial charge in [0.05, 0.1) is 0 Å². The molecule has 0 atom stereocenters. The van der Waals surface area contributed by atoms with Gasteiger partial charge in [0.25, 0.3) is 0 Å². The molecule has 0 unspecified atom stereocenters. The van der Waals surface area contributed by atoms with Crippen molar-refractivity contribution >= 4 is 12.0 Å². The fourth-order valence-electron chi connectivity index (χ4n) is 1.08. The molecule has 7 nitrogen and oxygen atoms in total. The first kappa shape index (κ1) is 12.7. The molecule has 0 saturated heterocycles. The maximum atomic E-state index is 11.0. The normalized spacial score (nSPS) is 14.5. The number of nitrogens with one attached hydrogen (secondary N) is 3. The van der Waals surface area contributed by atoms with E-state index < -0.39 is 18.6 Å². The molecule has 0 heterocycles. The quantitative estimate of drug-likeness (QED) is 0.331. The van der Waals surface area contributed by atoms with Crippen LogP contribution in [0.5, 0.6) is 0 Å². The second-order valence-corrected chi connectivity index (χ2v) is 3.62. The zero-order valence-electron chi connectivity index (χ0n) is 8.99. The van der Waals surface area contributed by atoms with Gasteiger partial charge in [-0.3, -0.25) is 4.84 Å². The van der Waals surface area contributed by atoms with Gasteiger partial charge in [-0.25, -0.2) is 15.1 Å². The summed E-state index contributed by atoms with van der Waals surface area (Å²) < 4.78 is 0. The van der Waals surface area contributed by atoms with Crippen molar-refractivity contribution in [1.29, 1.82) is 0 Å². The van der Waals surface area contributed by atoms with Gasteiger partial charge in [0.1, 0.15) is 0 Å². The van der Waals surface area contributed by atoms with Crippen molar-refractivity contribution in [2.75, 3.05) is 19.7 Å². The van der Waals surface area contributed by atoms with E-state index in [0.29, 0.717) is 12.6 Å². The maximum Gasteiger partial charge on any atom is 0.338 e. The Hall–Kier alpha value is -1.34. The molecule has 1 saturated carbocycles. The van der Waals surface area contributed by atoms with Gasteiger partial charge in [-0.1, -0.05) is 0 Å². The van der Waals surface area contributed by atoms with Crippen LogP contribution in [-0.4, -0.2) is 42.8 Å². The Labute approximate surface area is 93.5 Å². The zero-order chi connectivity index (χ0) is 11.8. The summed E-state index contributed by atoms with van der Waals surface area (Å²) in [4.78, 5) is 25.4. The second kappa shape index (κ2) is 7.02. The van der Waals surface area contributed by atoms with Gasteiger partial charge in [0, 0.05) is 12.6 Å². The molecule has 1 aliphatic rings. The molecule has 7 heteroatoms. The lowest BCUT2D eigenvalue weighted by molar-refractivity contribution is -0.144. The fourth-order valence-corrected chi connectivity index (χ4v) is 1.08. The Morgan fingerprint density at radius 1 is 1.31 bits per heavy atom. The Morgan fingerprint density at radius 3 is 2.69 bits per heavy atom. The molecule has 4 N–H and O–H groups in total. The van der Waals surface area contributed by atoms with E-state index in [2.05, 4.69) is 15.5 Å². The van der Waals surface area contributed by atoms with Crippen LogP contribution in [0.15, 0.2) is 0 Å². The number of hydrogen-bond donors (Lipinski definition) is 4. The van der Waals surface area contributed by atoms with Crippen LogP contribution in [0, 0.1) is 0 Å². The van der Waals surface area contributed by atoms with E-state index in [1.807, 2.05) is 5.48 Å². The van der Waals surface area contributed by atoms with Crippen LogP contribution in [0.1, 0.15) is 19.3 Å². The highest BCUT2D eigenvalue weighted by Crippen LogP contribution is 2.18. The lowest BCUT2D eigenvalue weighted by Crippen LogP contribution is -2.37. The van der Waals surface area contributed by atoms with Crippen molar-refractivity contribution in [3.05, 3.63) is 0 Å². The first-order valence-electron chi connectivity index (χ1n) is 5.29. The molecule has 92 valence electrons. The van der Waals surface area contributed by atoms with E-state index in [9.17, 15) is 9.59 Å². The van der Waals surface area contributed by atoms with Gasteiger partial charge in [-0.15, -0.1) is 0 Å². The first-order valence-corrected chi connectivity index (χ1v) is 5.29. The molecule has 0 bridgehead atoms. The Bertz CT molecular complexity index is 243. The molecular weight excluding hydrogens is 214 g/mol.